The van der Waals surface area contributed by atoms with E-state index in [0.717, 1.165) is 45.5 Å². The van der Waals surface area contributed by atoms with Crippen molar-refractivity contribution in [3.8, 4) is 0 Å². The van der Waals surface area contributed by atoms with Crippen LogP contribution in [0.15, 0.2) is 29.4 Å². The van der Waals surface area contributed by atoms with Crippen LogP contribution in [0.25, 0.3) is 11.0 Å². The quantitative estimate of drug-likeness (QED) is 0.678. The van der Waals surface area contributed by atoms with Crippen LogP contribution in [0.1, 0.15) is 40.4 Å². The molecule has 1 saturated heterocycles. The molecule has 1 aliphatic rings. The summed E-state index contributed by atoms with van der Waals surface area (Å²) in [6, 6.07) is 3.95. The van der Waals surface area contributed by atoms with Crippen molar-refractivity contribution in [2.75, 3.05) is 13.1 Å². The van der Waals surface area contributed by atoms with E-state index in [1.807, 2.05) is 45.4 Å². The van der Waals surface area contributed by atoms with E-state index in [1.165, 1.54) is 0 Å². The second kappa shape index (κ2) is 6.67. The molecule has 1 fully saturated rings. The third kappa shape index (κ3) is 2.84. The molecule has 148 valence electrons. The van der Waals surface area contributed by atoms with Crippen molar-refractivity contribution < 1.29 is 8.42 Å². The smallest absolute Gasteiger partial charge is 0.243 e. The second-order valence-electron chi connectivity index (χ2n) is 7.83. The van der Waals surface area contributed by atoms with Gasteiger partial charge in [-0.2, -0.15) is 4.31 Å². The Hall–Kier alpha value is -2.25. The van der Waals surface area contributed by atoms with Crippen molar-refractivity contribution in [3.63, 3.8) is 0 Å². The lowest BCUT2D eigenvalue weighted by atomic mass is 10.0. The summed E-state index contributed by atoms with van der Waals surface area (Å²) in [5.41, 5.74) is 5.59. The van der Waals surface area contributed by atoms with Gasteiger partial charge in [-0.05, 0) is 62.4 Å². The van der Waals surface area contributed by atoms with Gasteiger partial charge in [-0.3, -0.25) is 4.98 Å². The lowest BCUT2D eigenvalue weighted by Gasteiger charge is -2.22. The monoisotopic (exact) mass is 398 g/mol. The molecule has 0 N–H and O–H groups in total. The summed E-state index contributed by atoms with van der Waals surface area (Å²) in [6.45, 7) is 8.72. The number of aromatic nitrogens is 3. The fourth-order valence-corrected chi connectivity index (χ4v) is 6.35. The van der Waals surface area contributed by atoms with Gasteiger partial charge in [0.15, 0.2) is 0 Å². The van der Waals surface area contributed by atoms with Crippen molar-refractivity contribution in [3.05, 3.63) is 52.6 Å². The third-order valence-corrected chi connectivity index (χ3v) is 8.27. The van der Waals surface area contributed by atoms with E-state index < -0.39 is 10.0 Å². The standard InChI is InChI=1S/C21H26N4O2S/c1-13-10-14(2)16(4)20(15(13)3)28(26,27)25-9-7-17(12-25)21-23-18-6-8-22-11-19(18)24(21)5/h6,8,10-11,17H,7,9,12H2,1-5H3/t17-/m1/s1. The largest absolute Gasteiger partial charge is 0.330 e. The lowest BCUT2D eigenvalue weighted by molar-refractivity contribution is 0.469. The number of rotatable bonds is 3. The van der Waals surface area contributed by atoms with Gasteiger partial charge < -0.3 is 4.57 Å². The molecule has 0 radical (unpaired) electrons. The van der Waals surface area contributed by atoms with E-state index in [0.29, 0.717) is 18.0 Å². The van der Waals surface area contributed by atoms with Gasteiger partial charge in [-0.15, -0.1) is 0 Å². The Morgan fingerprint density at radius 2 is 1.79 bits per heavy atom. The molecule has 1 atom stereocenters. The van der Waals surface area contributed by atoms with Gasteiger partial charge in [0.1, 0.15) is 5.82 Å². The highest BCUT2D eigenvalue weighted by molar-refractivity contribution is 7.89. The Morgan fingerprint density at radius 3 is 2.43 bits per heavy atom. The van der Waals surface area contributed by atoms with Crippen LogP contribution in [0.5, 0.6) is 0 Å². The number of nitrogens with zero attached hydrogens (tertiary/aromatic N) is 4. The fourth-order valence-electron chi connectivity index (χ4n) is 4.27. The summed E-state index contributed by atoms with van der Waals surface area (Å²) < 4.78 is 30.7. The summed E-state index contributed by atoms with van der Waals surface area (Å²) in [7, 11) is -1.57. The molecule has 0 saturated carbocycles. The van der Waals surface area contributed by atoms with Gasteiger partial charge in [0.2, 0.25) is 10.0 Å². The first-order chi connectivity index (χ1) is 13.2. The van der Waals surface area contributed by atoms with Crippen molar-refractivity contribution in [2.45, 2.75) is 44.9 Å². The maximum atomic E-state index is 13.5. The van der Waals surface area contributed by atoms with Crippen LogP contribution in [0.2, 0.25) is 0 Å². The second-order valence-corrected chi connectivity index (χ2v) is 9.71. The first-order valence-electron chi connectivity index (χ1n) is 9.55. The van der Waals surface area contributed by atoms with Crippen LogP contribution in [-0.4, -0.2) is 40.3 Å². The molecule has 6 nitrogen and oxygen atoms in total. The summed E-state index contributed by atoms with van der Waals surface area (Å²) in [4.78, 5) is 9.40. The third-order valence-electron chi connectivity index (χ3n) is 6.13. The van der Waals surface area contributed by atoms with Gasteiger partial charge in [-0.25, -0.2) is 13.4 Å². The van der Waals surface area contributed by atoms with Crippen LogP contribution in [-0.2, 0) is 17.1 Å². The van der Waals surface area contributed by atoms with Gasteiger partial charge in [0.05, 0.1) is 22.1 Å². The maximum Gasteiger partial charge on any atom is 0.243 e. The van der Waals surface area contributed by atoms with E-state index in [-0.39, 0.29) is 5.92 Å². The predicted octanol–water partition coefficient (Wildman–Crippen LogP) is 3.38. The Morgan fingerprint density at radius 1 is 1.11 bits per heavy atom. The number of hydrogen-bond donors (Lipinski definition) is 0. The van der Waals surface area contributed by atoms with E-state index in [4.69, 9.17) is 4.98 Å². The average Bonchev–Trinajstić information content (AvgIpc) is 3.26. The Bertz CT molecular complexity index is 1150. The van der Waals surface area contributed by atoms with E-state index in [9.17, 15) is 8.42 Å². The van der Waals surface area contributed by atoms with Crippen molar-refractivity contribution >= 4 is 21.1 Å². The molecule has 0 unspecified atom stereocenters. The van der Waals surface area contributed by atoms with Gasteiger partial charge >= 0.3 is 0 Å². The Kier molecular flexibility index (Phi) is 4.55. The molecule has 0 amide bonds. The molecule has 3 aromatic rings. The highest BCUT2D eigenvalue weighted by atomic mass is 32.2. The zero-order valence-corrected chi connectivity index (χ0v) is 17.8. The minimum Gasteiger partial charge on any atom is -0.330 e. The number of hydrogen-bond acceptors (Lipinski definition) is 4. The summed E-state index contributed by atoms with van der Waals surface area (Å²) in [6.07, 6.45) is 4.31. The zero-order chi connectivity index (χ0) is 20.2. The maximum absolute atomic E-state index is 13.5. The normalized spacial score (nSPS) is 18.2. The molecule has 2 aromatic heterocycles. The Balaban J connectivity index is 1.70. The summed E-state index contributed by atoms with van der Waals surface area (Å²) in [5, 5.41) is 0. The first-order valence-corrected chi connectivity index (χ1v) is 11.0. The minimum atomic E-state index is -3.54. The molecule has 1 aliphatic heterocycles. The number of sulfonamides is 1. The summed E-state index contributed by atoms with van der Waals surface area (Å²) >= 11 is 0. The lowest BCUT2D eigenvalue weighted by Crippen LogP contribution is -2.30. The molecule has 3 heterocycles. The van der Waals surface area contributed by atoms with E-state index in [1.54, 1.807) is 16.7 Å². The van der Waals surface area contributed by atoms with Gasteiger partial charge in [0.25, 0.3) is 0 Å². The van der Waals surface area contributed by atoms with E-state index >= 15 is 0 Å². The molecule has 7 heteroatoms. The minimum absolute atomic E-state index is 0.0821. The van der Waals surface area contributed by atoms with E-state index in [2.05, 4.69) is 11.1 Å². The number of imidazole rings is 1. The Labute approximate surface area is 166 Å². The molecular weight excluding hydrogens is 372 g/mol. The highest BCUT2D eigenvalue weighted by Gasteiger charge is 2.37. The van der Waals surface area contributed by atoms with Crippen molar-refractivity contribution in [2.24, 2.45) is 7.05 Å². The topological polar surface area (TPSA) is 68.1 Å². The molecule has 0 aliphatic carbocycles. The predicted molar refractivity (Wildman–Crippen MR) is 110 cm³/mol. The van der Waals surface area contributed by atoms with Crippen LogP contribution < -0.4 is 0 Å². The summed E-state index contributed by atoms with van der Waals surface area (Å²) in [5.74, 6) is 1.01. The number of pyridine rings is 1. The van der Waals surface area contributed by atoms with Crippen LogP contribution in [0, 0.1) is 27.7 Å². The average molecular weight is 399 g/mol. The number of benzene rings is 1. The van der Waals surface area contributed by atoms with Gasteiger partial charge in [0, 0.05) is 32.3 Å². The van der Waals surface area contributed by atoms with Crippen LogP contribution in [0.4, 0.5) is 0 Å². The molecule has 0 spiro atoms. The number of fused-ring (bicyclic) bond motifs is 1. The SMILES string of the molecule is Cc1cc(C)c(C)c(S(=O)(=O)N2CC[C@@H](c3nc4ccncc4n3C)C2)c1C. The highest BCUT2D eigenvalue weighted by Crippen LogP contribution is 2.35. The molecule has 1 aromatic carbocycles. The zero-order valence-electron chi connectivity index (χ0n) is 17.0. The van der Waals surface area contributed by atoms with Crippen molar-refractivity contribution in [1.82, 2.24) is 18.8 Å². The molecule has 0 bridgehead atoms. The molecular formula is C21H26N4O2S. The molecule has 4 rings (SSSR count). The molecule has 28 heavy (non-hydrogen) atoms. The van der Waals surface area contributed by atoms with Gasteiger partial charge in [-0.1, -0.05) is 6.07 Å². The van der Waals surface area contributed by atoms with Crippen LogP contribution in [0.3, 0.4) is 0 Å². The first kappa shape index (κ1) is 19.1. The fraction of sp³-hybridized carbons (Fsp3) is 0.429. The van der Waals surface area contributed by atoms with Crippen LogP contribution >= 0.6 is 0 Å². The number of aryl methyl sites for hydroxylation is 3. The van der Waals surface area contributed by atoms with Crippen molar-refractivity contribution in [1.29, 1.82) is 0 Å².